The summed E-state index contributed by atoms with van der Waals surface area (Å²) in [6.07, 6.45) is -25.9. The first-order chi connectivity index (χ1) is 50.2. The number of alkyl halides is 13. The van der Waals surface area contributed by atoms with Gasteiger partial charge in [0.25, 0.3) is 5.92 Å². The molecule has 108 heavy (non-hydrogen) atoms. The van der Waals surface area contributed by atoms with E-state index in [1.165, 1.54) is 18.9 Å². The first-order valence-corrected chi connectivity index (χ1v) is 37.4. The summed E-state index contributed by atoms with van der Waals surface area (Å²) in [5.74, 6) is -25.6. The summed E-state index contributed by atoms with van der Waals surface area (Å²) in [6, 6.07) is -13.4. The molecule has 0 radical (unpaired) electrons. The van der Waals surface area contributed by atoms with Gasteiger partial charge < -0.3 is 60.0 Å². The molecule has 0 aromatic rings. The lowest BCUT2D eigenvalue weighted by atomic mass is 9.76. The van der Waals surface area contributed by atoms with Gasteiger partial charge in [0.15, 0.2) is 0 Å². The molecular weight excluding hydrogens is 1460 g/mol. The molecule has 12 amide bonds. The van der Waals surface area contributed by atoms with Gasteiger partial charge in [-0.2, -0.15) is 39.5 Å². The molecule has 4 aliphatic carbocycles. The van der Waals surface area contributed by atoms with Crippen LogP contribution < -0.4 is 16.0 Å². The minimum atomic E-state index is -5.30. The Morgan fingerprint density at radius 2 is 1.14 bits per heavy atom. The molecule has 0 aromatic heterocycles. The van der Waals surface area contributed by atoms with E-state index in [1.54, 1.807) is 6.92 Å². The van der Waals surface area contributed by atoms with Gasteiger partial charge in [-0.15, -0.1) is 0 Å². The van der Waals surface area contributed by atoms with Crippen LogP contribution in [0.4, 0.5) is 57.1 Å². The molecule has 2 unspecified atom stereocenters. The van der Waals surface area contributed by atoms with Crippen LogP contribution in [0, 0.1) is 35.5 Å². The second-order valence-corrected chi connectivity index (χ2v) is 31.3. The number of hydrogen-bond acceptors (Lipinski definition) is 12. The van der Waals surface area contributed by atoms with E-state index in [2.05, 4.69) is 16.0 Å². The quantitative estimate of drug-likeness (QED) is 0.193. The zero-order valence-corrected chi connectivity index (χ0v) is 62.7. The highest BCUT2D eigenvalue weighted by molar-refractivity contribution is 6.01. The van der Waals surface area contributed by atoms with Gasteiger partial charge in [0.2, 0.25) is 70.9 Å². The SMILES string of the molecule is CC[C@H](C)[C@@H]1NC(=O)[C@H](CC(F)(F)F)N(C)C(=O)C[C@@H](C(=O)N2CCCC2)N(C)C(=O)[C@H](C2CCCCC2)N(C)C(=O)C2(CCCC2)NC(=O)[C@@H]2CC(F)(F)CN2C(=O)[C@H](CCC2CC(F)C(C(F)(F)F)C(F)C2)NC(=O)CN(C)C(=O)[C@H](CC2CCC(C(F)(F)F)CC2)N(C)C(=O)CN(C)C(=O)CN(C)C1=O. The number of hydrogen-bond donors (Lipinski definition) is 3. The number of rotatable bonds is 10. The van der Waals surface area contributed by atoms with Crippen molar-refractivity contribution in [3.05, 3.63) is 0 Å². The average molecular weight is 1570 g/mol. The molecule has 7 aliphatic rings. The number of fused-ring (bicyclic) bond motifs is 1. The fourth-order valence-electron chi connectivity index (χ4n) is 16.7. The molecule has 0 aromatic carbocycles. The van der Waals surface area contributed by atoms with Crippen LogP contribution in [0.2, 0.25) is 0 Å². The first-order valence-electron chi connectivity index (χ1n) is 37.4. The normalized spacial score (nSPS) is 31.3. The van der Waals surface area contributed by atoms with E-state index in [0.29, 0.717) is 54.7 Å². The third kappa shape index (κ3) is 21.9. The van der Waals surface area contributed by atoms with Crippen molar-refractivity contribution in [1.82, 2.24) is 60.0 Å². The highest BCUT2D eigenvalue weighted by Crippen LogP contribution is 2.46. The number of halogens is 13. The summed E-state index contributed by atoms with van der Waals surface area (Å²) in [5.41, 5.74) is -2.02. The Kier molecular flexibility index (Phi) is 29.5. The van der Waals surface area contributed by atoms with E-state index in [9.17, 15) is 77.9 Å². The number of likely N-dealkylation sites (N-methyl/N-ethyl adjacent to an activating group) is 7. The summed E-state index contributed by atoms with van der Waals surface area (Å²) >= 11 is 0. The largest absolute Gasteiger partial charge is 0.397 e. The molecule has 1 spiro atoms. The molecule has 3 N–H and O–H groups in total. The first kappa shape index (κ1) is 88.0. The van der Waals surface area contributed by atoms with Crippen LogP contribution in [0.1, 0.15) is 168 Å². The predicted octanol–water partition coefficient (Wildman–Crippen LogP) is 6.71. The molecule has 37 heteroatoms. The Morgan fingerprint density at radius 1 is 0.574 bits per heavy atom. The van der Waals surface area contributed by atoms with Gasteiger partial charge in [-0.3, -0.25) is 57.5 Å². The van der Waals surface area contributed by atoms with Crippen LogP contribution >= 0.6 is 0 Å². The van der Waals surface area contributed by atoms with E-state index in [-0.39, 0.29) is 77.3 Å². The van der Waals surface area contributed by atoms with Crippen LogP contribution in [-0.4, -0.2) is 288 Å². The summed E-state index contributed by atoms with van der Waals surface area (Å²) in [6.45, 7) is -1.01. The van der Waals surface area contributed by atoms with Crippen molar-refractivity contribution < 1.29 is 115 Å². The van der Waals surface area contributed by atoms with E-state index >= 15 is 36.7 Å². The Labute approximate surface area is 620 Å². The predicted molar refractivity (Wildman–Crippen MR) is 362 cm³/mol. The molecule has 24 nitrogen and oxygen atoms in total. The zero-order valence-electron chi connectivity index (χ0n) is 62.7. The van der Waals surface area contributed by atoms with Crippen LogP contribution in [0.3, 0.4) is 0 Å². The van der Waals surface area contributed by atoms with E-state index in [4.69, 9.17) is 0 Å². The number of likely N-dealkylation sites (tertiary alicyclic amines) is 1. The number of amides is 12. The van der Waals surface area contributed by atoms with Crippen molar-refractivity contribution in [3.63, 3.8) is 0 Å². The van der Waals surface area contributed by atoms with Gasteiger partial charge in [0.1, 0.15) is 66.1 Å². The van der Waals surface area contributed by atoms with Crippen molar-refractivity contribution in [2.45, 2.75) is 253 Å². The van der Waals surface area contributed by atoms with Crippen LogP contribution in [0.5, 0.6) is 0 Å². The van der Waals surface area contributed by atoms with Crippen LogP contribution in [-0.2, 0) is 57.5 Å². The number of carbonyl (C=O) groups is 12. The average Bonchev–Trinajstić information content (AvgIpc) is 1.74. The fourth-order valence-corrected chi connectivity index (χ4v) is 16.7. The lowest BCUT2D eigenvalue weighted by molar-refractivity contribution is -0.219. The van der Waals surface area contributed by atoms with Gasteiger partial charge in [0.05, 0.1) is 44.9 Å². The molecule has 10 atom stereocenters. The van der Waals surface area contributed by atoms with Crippen LogP contribution in [0.15, 0.2) is 0 Å². The van der Waals surface area contributed by atoms with E-state index < -0.39 is 262 Å². The van der Waals surface area contributed by atoms with Crippen molar-refractivity contribution >= 4 is 70.9 Å². The molecular formula is C71H105F13N12O12. The second kappa shape index (κ2) is 36.3. The van der Waals surface area contributed by atoms with Gasteiger partial charge in [0, 0.05) is 68.8 Å². The number of carbonyl (C=O) groups excluding carboxylic acids is 12. The molecule has 7 fully saturated rings. The number of nitrogens with one attached hydrogen (secondary N) is 3. The summed E-state index contributed by atoms with van der Waals surface area (Å²) < 4.78 is 191. The minimum absolute atomic E-state index is 0.0904. The lowest BCUT2D eigenvalue weighted by Crippen LogP contribution is -2.65. The molecule has 0 bridgehead atoms. The monoisotopic (exact) mass is 1560 g/mol. The van der Waals surface area contributed by atoms with Crippen molar-refractivity contribution in [2.75, 3.05) is 88.6 Å². The Balaban J connectivity index is 1.31. The van der Waals surface area contributed by atoms with Gasteiger partial charge in [-0.05, 0) is 120 Å². The van der Waals surface area contributed by atoms with Crippen molar-refractivity contribution in [1.29, 1.82) is 0 Å². The maximum Gasteiger partial charge on any atom is 0.397 e. The van der Waals surface area contributed by atoms with Gasteiger partial charge in [-0.25, -0.2) is 17.6 Å². The maximum absolute atomic E-state index is 16.2. The Hall–Kier alpha value is -7.27. The molecule has 7 rings (SSSR count). The Bertz CT molecular complexity index is 3220. The second-order valence-electron chi connectivity index (χ2n) is 31.3. The summed E-state index contributed by atoms with van der Waals surface area (Å²) in [5, 5.41) is 7.31. The highest BCUT2D eigenvalue weighted by atomic mass is 19.4. The smallest absolute Gasteiger partial charge is 0.343 e. The number of nitrogens with zero attached hydrogens (tertiary/aromatic N) is 9. The summed E-state index contributed by atoms with van der Waals surface area (Å²) in [4.78, 5) is 185. The van der Waals surface area contributed by atoms with Crippen molar-refractivity contribution in [3.8, 4) is 0 Å². The highest BCUT2D eigenvalue weighted by Gasteiger charge is 2.57. The third-order valence-electron chi connectivity index (χ3n) is 23.5. The van der Waals surface area contributed by atoms with Crippen LogP contribution in [0.25, 0.3) is 0 Å². The standard InChI is InChI=1S/C71H105F13N12O12/c1-10-40(2)57-64(106)90(5)37-54(99)88(3)38-55(100)91(6)48(32-41-20-23-44(24-21-41)70(79,80)81)62(104)89(4)36-52(97)85-47(25-22-42-30-45(72)56(46(73)31-42)71(82,83)84)61(103)96-39-68(74,75)34-51(96)60(102)87-67(26-14-15-27-67)66(108)94(9)58(43-18-12-11-13-19-43)65(107)93(8)49(63(105)95-28-16-17-29-95)33-53(98)92(7)50(59(101)86-57)35-69(76,77)78/h40-51,56-58H,10-39H2,1-9H3,(H,85,97)(H,86,101)(H,87,102)/t40-,41?,42?,44?,45?,46?,47-,48-,49-,50-,51-,56?,57-,58-/m0/s1. The molecule has 612 valence electrons. The van der Waals surface area contributed by atoms with Gasteiger partial charge in [-0.1, -0.05) is 52.4 Å². The maximum atomic E-state index is 16.2. The molecule has 3 heterocycles. The fraction of sp³-hybridized carbons (Fsp3) is 0.831. The van der Waals surface area contributed by atoms with Crippen molar-refractivity contribution in [2.24, 2.45) is 35.5 Å². The molecule has 4 saturated carbocycles. The lowest BCUT2D eigenvalue weighted by Gasteiger charge is -2.43. The molecule has 3 aliphatic heterocycles. The molecule has 3 saturated heterocycles. The van der Waals surface area contributed by atoms with E-state index in [1.807, 2.05) is 0 Å². The zero-order chi connectivity index (χ0) is 80.6. The van der Waals surface area contributed by atoms with Gasteiger partial charge >= 0.3 is 18.5 Å². The minimum Gasteiger partial charge on any atom is -0.343 e. The topological polar surface area (TPSA) is 270 Å². The Morgan fingerprint density at radius 3 is 1.69 bits per heavy atom. The summed E-state index contributed by atoms with van der Waals surface area (Å²) in [7, 11) is 7.64. The third-order valence-corrected chi connectivity index (χ3v) is 23.5. The van der Waals surface area contributed by atoms with E-state index in [0.717, 1.165) is 71.7 Å².